The molecule has 1 aliphatic heterocycles. The van der Waals surface area contributed by atoms with E-state index >= 15 is 0 Å². The fourth-order valence-electron chi connectivity index (χ4n) is 4.17. The lowest BCUT2D eigenvalue weighted by atomic mass is 9.85. The van der Waals surface area contributed by atoms with Crippen molar-refractivity contribution in [3.05, 3.63) is 54.6 Å². The third-order valence-corrected chi connectivity index (χ3v) is 5.57. The van der Waals surface area contributed by atoms with Gasteiger partial charge in [0.05, 0.1) is 17.5 Å². The lowest BCUT2D eigenvalue weighted by molar-refractivity contribution is -0.143. The summed E-state index contributed by atoms with van der Waals surface area (Å²) in [4.78, 5) is 41.1. The normalized spacial score (nSPS) is 21.6. The van der Waals surface area contributed by atoms with Gasteiger partial charge in [-0.25, -0.2) is 0 Å². The van der Waals surface area contributed by atoms with E-state index in [-0.39, 0.29) is 36.1 Å². The van der Waals surface area contributed by atoms with Crippen molar-refractivity contribution in [1.82, 2.24) is 4.90 Å². The molecule has 2 aromatic rings. The zero-order valence-corrected chi connectivity index (χ0v) is 15.3. The summed E-state index contributed by atoms with van der Waals surface area (Å²) in [7, 11) is 0. The number of benzene rings is 2. The number of carbonyl (C=O) groups excluding carboxylic acids is 3. The van der Waals surface area contributed by atoms with Crippen molar-refractivity contribution in [3.63, 3.8) is 0 Å². The highest BCUT2D eigenvalue weighted by atomic mass is 16.2. The minimum absolute atomic E-state index is 0.193. The molecular formula is C22H22N2O3. The fraction of sp³-hybridized carbons (Fsp3) is 0.318. The molecule has 5 nitrogen and oxygen atoms in total. The van der Waals surface area contributed by atoms with Crippen molar-refractivity contribution in [2.24, 2.45) is 11.8 Å². The van der Waals surface area contributed by atoms with Gasteiger partial charge in [-0.05, 0) is 31.2 Å². The van der Waals surface area contributed by atoms with Crippen molar-refractivity contribution in [1.29, 1.82) is 0 Å². The average molecular weight is 362 g/mol. The molecule has 1 heterocycles. The number of allylic oxidation sites excluding steroid dienone is 2. The smallest absolute Gasteiger partial charge is 0.247 e. The Balaban J connectivity index is 1.60. The van der Waals surface area contributed by atoms with Crippen molar-refractivity contribution >= 4 is 34.2 Å². The molecule has 0 bridgehead atoms. The van der Waals surface area contributed by atoms with E-state index < -0.39 is 0 Å². The highest BCUT2D eigenvalue weighted by Crippen LogP contribution is 2.35. The molecule has 0 aromatic heterocycles. The molecule has 138 valence electrons. The van der Waals surface area contributed by atoms with Crippen LogP contribution < -0.4 is 4.90 Å². The first-order chi connectivity index (χ1) is 13.1. The quantitative estimate of drug-likeness (QED) is 0.620. The summed E-state index contributed by atoms with van der Waals surface area (Å²) >= 11 is 0. The van der Waals surface area contributed by atoms with E-state index in [0.717, 1.165) is 16.5 Å². The number of imide groups is 1. The first-order valence-corrected chi connectivity index (χ1v) is 9.40. The Kier molecular flexibility index (Phi) is 4.52. The van der Waals surface area contributed by atoms with E-state index in [2.05, 4.69) is 0 Å². The third kappa shape index (κ3) is 2.93. The maximum Gasteiger partial charge on any atom is 0.247 e. The van der Waals surface area contributed by atoms with E-state index in [1.54, 1.807) is 4.90 Å². The number of nitrogens with zero attached hydrogens (tertiary/aromatic N) is 2. The molecule has 3 amide bonds. The predicted octanol–water partition coefficient (Wildman–Crippen LogP) is 3.14. The van der Waals surface area contributed by atoms with Crippen LogP contribution in [0.15, 0.2) is 54.6 Å². The minimum atomic E-state index is -0.303. The number of likely N-dealkylation sites (tertiary alicyclic amines) is 1. The lowest BCUT2D eigenvalue weighted by Gasteiger charge is -2.25. The molecule has 2 unspecified atom stereocenters. The first kappa shape index (κ1) is 17.5. The van der Waals surface area contributed by atoms with Crippen molar-refractivity contribution in [2.75, 3.05) is 18.0 Å². The molecule has 0 N–H and O–H groups in total. The Morgan fingerprint density at radius 3 is 2.30 bits per heavy atom. The number of amides is 3. The van der Waals surface area contributed by atoms with Crippen LogP contribution in [0.2, 0.25) is 0 Å². The molecule has 4 rings (SSSR count). The van der Waals surface area contributed by atoms with Gasteiger partial charge in [-0.15, -0.1) is 0 Å². The van der Waals surface area contributed by atoms with Crippen LogP contribution in [0.25, 0.3) is 10.8 Å². The van der Waals surface area contributed by atoms with Gasteiger partial charge in [0.25, 0.3) is 0 Å². The van der Waals surface area contributed by atoms with Crippen LogP contribution in [0, 0.1) is 11.8 Å². The van der Waals surface area contributed by atoms with E-state index in [1.807, 2.05) is 61.5 Å². The highest BCUT2D eigenvalue weighted by Gasteiger charge is 2.47. The van der Waals surface area contributed by atoms with E-state index in [0.29, 0.717) is 19.4 Å². The maximum absolute atomic E-state index is 13.0. The van der Waals surface area contributed by atoms with Crippen molar-refractivity contribution < 1.29 is 14.4 Å². The molecule has 1 saturated heterocycles. The largest absolute Gasteiger partial charge is 0.311 e. The number of likely N-dealkylation sites (N-methyl/N-ethyl adjacent to an activating group) is 1. The van der Waals surface area contributed by atoms with Gasteiger partial charge in [-0.1, -0.05) is 48.6 Å². The highest BCUT2D eigenvalue weighted by molar-refractivity contribution is 6.10. The molecule has 0 spiro atoms. The topological polar surface area (TPSA) is 57.7 Å². The van der Waals surface area contributed by atoms with Gasteiger partial charge in [0.2, 0.25) is 17.7 Å². The Morgan fingerprint density at radius 1 is 1.00 bits per heavy atom. The third-order valence-electron chi connectivity index (χ3n) is 5.57. The standard InChI is InChI=1S/C22H22N2O3/c1-2-23(19-13-7-9-15-8-3-4-10-16(15)19)20(25)14-24-21(26)17-11-5-6-12-18(17)22(24)27/h3-10,13,17-18H,2,11-12,14H2,1H3. The van der Waals surface area contributed by atoms with Crippen LogP contribution in [0.4, 0.5) is 5.69 Å². The van der Waals surface area contributed by atoms with Crippen LogP contribution in [-0.4, -0.2) is 35.7 Å². The van der Waals surface area contributed by atoms with Gasteiger partial charge < -0.3 is 4.90 Å². The van der Waals surface area contributed by atoms with Crippen LogP contribution in [0.3, 0.4) is 0 Å². The number of hydrogen-bond donors (Lipinski definition) is 0. The predicted molar refractivity (Wildman–Crippen MR) is 104 cm³/mol. The molecule has 2 aliphatic rings. The first-order valence-electron chi connectivity index (χ1n) is 9.40. The molecule has 2 atom stereocenters. The summed E-state index contributed by atoms with van der Waals surface area (Å²) in [5.74, 6) is -1.26. The SMILES string of the molecule is CCN(C(=O)CN1C(=O)C2CC=CCC2C1=O)c1cccc2ccccc12. The second-order valence-corrected chi connectivity index (χ2v) is 7.05. The summed E-state index contributed by atoms with van der Waals surface area (Å²) in [5.41, 5.74) is 0.804. The molecular weight excluding hydrogens is 340 g/mol. The lowest BCUT2D eigenvalue weighted by Crippen LogP contribution is -2.43. The molecule has 2 aromatic carbocycles. The minimum Gasteiger partial charge on any atom is -0.311 e. The van der Waals surface area contributed by atoms with Crippen LogP contribution in [-0.2, 0) is 14.4 Å². The average Bonchev–Trinajstić information content (AvgIpc) is 2.94. The van der Waals surface area contributed by atoms with Gasteiger partial charge in [-0.2, -0.15) is 0 Å². The van der Waals surface area contributed by atoms with Crippen molar-refractivity contribution in [3.8, 4) is 0 Å². The Hall–Kier alpha value is -2.95. The van der Waals surface area contributed by atoms with E-state index in [1.165, 1.54) is 4.90 Å². The molecule has 0 radical (unpaired) electrons. The van der Waals surface area contributed by atoms with E-state index in [4.69, 9.17) is 0 Å². The number of fused-ring (bicyclic) bond motifs is 2. The van der Waals surface area contributed by atoms with Gasteiger partial charge in [-0.3, -0.25) is 19.3 Å². The van der Waals surface area contributed by atoms with Crippen LogP contribution in [0.1, 0.15) is 19.8 Å². The number of carbonyl (C=O) groups is 3. The summed E-state index contributed by atoms with van der Waals surface area (Å²) in [6, 6.07) is 13.7. The molecule has 5 heteroatoms. The fourth-order valence-corrected chi connectivity index (χ4v) is 4.17. The van der Waals surface area contributed by atoms with Crippen LogP contribution in [0.5, 0.6) is 0 Å². The van der Waals surface area contributed by atoms with Gasteiger partial charge >= 0.3 is 0 Å². The summed E-state index contributed by atoms with van der Waals surface area (Å²) < 4.78 is 0. The van der Waals surface area contributed by atoms with Gasteiger partial charge in [0.1, 0.15) is 6.54 Å². The monoisotopic (exact) mass is 362 g/mol. The second kappa shape index (κ2) is 6.99. The van der Waals surface area contributed by atoms with Gasteiger partial charge in [0, 0.05) is 11.9 Å². The summed E-state index contributed by atoms with van der Waals surface area (Å²) in [6.45, 7) is 2.18. The maximum atomic E-state index is 13.0. The Morgan fingerprint density at radius 2 is 1.63 bits per heavy atom. The number of anilines is 1. The molecule has 1 aliphatic carbocycles. The Bertz CT molecular complexity index is 918. The second-order valence-electron chi connectivity index (χ2n) is 7.05. The number of hydrogen-bond acceptors (Lipinski definition) is 3. The molecule has 27 heavy (non-hydrogen) atoms. The van der Waals surface area contributed by atoms with Crippen molar-refractivity contribution in [2.45, 2.75) is 19.8 Å². The summed E-state index contributed by atoms with van der Waals surface area (Å²) in [6.07, 6.45) is 5.07. The zero-order valence-electron chi connectivity index (χ0n) is 15.3. The van der Waals surface area contributed by atoms with Gasteiger partial charge in [0.15, 0.2) is 0 Å². The Labute approximate surface area is 158 Å². The number of rotatable bonds is 4. The van der Waals surface area contributed by atoms with E-state index in [9.17, 15) is 14.4 Å². The molecule has 0 saturated carbocycles. The summed E-state index contributed by atoms with van der Waals surface area (Å²) in [5, 5.41) is 2.03. The zero-order chi connectivity index (χ0) is 19.0. The van der Waals surface area contributed by atoms with Crippen LogP contribution >= 0.6 is 0 Å². The molecule has 1 fully saturated rings.